The molecule has 1 aromatic rings. The van der Waals surface area contributed by atoms with Crippen LogP contribution in [0.4, 0.5) is 13.2 Å². The van der Waals surface area contributed by atoms with Gasteiger partial charge in [0.2, 0.25) is 0 Å². The number of carbonyl (C=O) groups excluding carboxylic acids is 1. The van der Waals surface area contributed by atoms with Crippen molar-refractivity contribution in [1.82, 2.24) is 0 Å². The Morgan fingerprint density at radius 2 is 1.79 bits per heavy atom. The fraction of sp³-hybridized carbons (Fsp3) is 0.462. The molecule has 1 aromatic carbocycles. The minimum absolute atomic E-state index is 0.0441. The molecule has 1 rings (SSSR count). The second kappa shape index (κ2) is 7.01. The van der Waals surface area contributed by atoms with Crippen LogP contribution in [0.1, 0.15) is 26.2 Å². The normalized spacial score (nSPS) is 11.2. The summed E-state index contributed by atoms with van der Waals surface area (Å²) >= 11 is 0. The van der Waals surface area contributed by atoms with Crippen molar-refractivity contribution in [3.63, 3.8) is 0 Å². The number of unbranched alkanes of at least 4 members (excludes halogenated alkanes) is 1. The first-order valence-electron chi connectivity index (χ1n) is 5.85. The third kappa shape index (κ3) is 6.69. The van der Waals surface area contributed by atoms with Crippen LogP contribution in [0, 0.1) is 0 Å². The van der Waals surface area contributed by atoms with Crippen molar-refractivity contribution in [2.24, 2.45) is 0 Å². The van der Waals surface area contributed by atoms with Crippen LogP contribution >= 0.6 is 0 Å². The highest BCUT2D eigenvalue weighted by Crippen LogP contribution is 2.31. The quantitative estimate of drug-likeness (QED) is 0.712. The lowest BCUT2D eigenvalue weighted by atomic mass is 10.2. The number of hydrogen-bond donors (Lipinski definition) is 0. The van der Waals surface area contributed by atoms with E-state index in [9.17, 15) is 18.0 Å². The van der Waals surface area contributed by atoms with E-state index < -0.39 is 6.36 Å². The van der Waals surface area contributed by atoms with E-state index in [1.54, 1.807) is 6.07 Å². The molecule has 0 atom stereocenters. The Balaban J connectivity index is 2.47. The van der Waals surface area contributed by atoms with Crippen LogP contribution in [0.25, 0.3) is 0 Å². The molecule has 0 spiro atoms. The van der Waals surface area contributed by atoms with Crippen molar-refractivity contribution in [2.45, 2.75) is 32.5 Å². The first-order chi connectivity index (χ1) is 8.88. The number of halogens is 3. The smallest absolute Gasteiger partial charge is 0.490 e. The summed E-state index contributed by atoms with van der Waals surface area (Å²) in [7, 11) is 0. The average Bonchev–Trinajstić information content (AvgIpc) is 2.28. The third-order valence-corrected chi connectivity index (χ3v) is 2.26. The van der Waals surface area contributed by atoms with E-state index in [0.717, 1.165) is 0 Å². The van der Waals surface area contributed by atoms with E-state index in [1.165, 1.54) is 25.1 Å². The molecule has 0 saturated carbocycles. The molecule has 0 aliphatic rings. The maximum absolute atomic E-state index is 12.1. The molecule has 0 aliphatic carbocycles. The number of hydrogen-bond acceptors (Lipinski definition) is 3. The molecular weight excluding hydrogens is 261 g/mol. The largest absolute Gasteiger partial charge is 0.573 e. The number of Topliss-reactive ketones (excluding diaryl/α,β-unsaturated/α-hetero) is 1. The Hall–Kier alpha value is -1.72. The van der Waals surface area contributed by atoms with Crippen LogP contribution in [0.5, 0.6) is 11.5 Å². The minimum atomic E-state index is -4.74. The number of ether oxygens (including phenoxy) is 2. The van der Waals surface area contributed by atoms with E-state index in [4.69, 9.17) is 4.74 Å². The van der Waals surface area contributed by atoms with Gasteiger partial charge in [0.1, 0.15) is 5.78 Å². The zero-order valence-electron chi connectivity index (χ0n) is 10.5. The molecule has 0 N–H and O–H groups in total. The van der Waals surface area contributed by atoms with Crippen molar-refractivity contribution in [2.75, 3.05) is 6.61 Å². The van der Waals surface area contributed by atoms with Gasteiger partial charge in [0.15, 0.2) is 11.5 Å². The van der Waals surface area contributed by atoms with E-state index in [2.05, 4.69) is 4.74 Å². The fourth-order valence-electron chi connectivity index (χ4n) is 1.44. The molecule has 106 valence electrons. The molecular formula is C13H15F3O3. The number of benzene rings is 1. The Kier molecular flexibility index (Phi) is 5.66. The van der Waals surface area contributed by atoms with Crippen molar-refractivity contribution >= 4 is 5.78 Å². The van der Waals surface area contributed by atoms with Crippen LogP contribution < -0.4 is 9.47 Å². The van der Waals surface area contributed by atoms with Crippen LogP contribution in [0.3, 0.4) is 0 Å². The highest BCUT2D eigenvalue weighted by atomic mass is 19.4. The lowest BCUT2D eigenvalue weighted by molar-refractivity contribution is -0.275. The molecule has 0 saturated heterocycles. The lowest BCUT2D eigenvalue weighted by Gasteiger charge is -2.13. The highest BCUT2D eigenvalue weighted by molar-refractivity contribution is 5.75. The van der Waals surface area contributed by atoms with E-state index in [0.29, 0.717) is 19.3 Å². The monoisotopic (exact) mass is 276 g/mol. The van der Waals surface area contributed by atoms with Crippen molar-refractivity contribution in [3.05, 3.63) is 24.3 Å². The van der Waals surface area contributed by atoms with Gasteiger partial charge in [-0.05, 0) is 31.9 Å². The van der Waals surface area contributed by atoms with Gasteiger partial charge in [0.25, 0.3) is 0 Å². The topological polar surface area (TPSA) is 35.5 Å². The van der Waals surface area contributed by atoms with Gasteiger partial charge >= 0.3 is 6.36 Å². The zero-order chi connectivity index (χ0) is 14.3. The van der Waals surface area contributed by atoms with Gasteiger partial charge in [0.05, 0.1) is 6.61 Å². The molecule has 0 heterocycles. The fourth-order valence-corrected chi connectivity index (χ4v) is 1.44. The summed E-state index contributed by atoms with van der Waals surface area (Å²) in [5.74, 6) is -0.231. The van der Waals surface area contributed by atoms with E-state index in [1.807, 2.05) is 0 Å². The molecule has 0 bridgehead atoms. The molecule has 0 unspecified atom stereocenters. The van der Waals surface area contributed by atoms with Crippen molar-refractivity contribution in [1.29, 1.82) is 0 Å². The average molecular weight is 276 g/mol. The van der Waals surface area contributed by atoms with E-state index in [-0.39, 0.29) is 23.9 Å². The maximum atomic E-state index is 12.1. The molecule has 19 heavy (non-hydrogen) atoms. The summed E-state index contributed by atoms with van der Waals surface area (Å²) in [6, 6.07) is 5.60. The van der Waals surface area contributed by atoms with Crippen LogP contribution in [-0.4, -0.2) is 18.8 Å². The molecule has 0 amide bonds. The highest BCUT2D eigenvalue weighted by Gasteiger charge is 2.32. The molecule has 0 aliphatic heterocycles. The summed E-state index contributed by atoms with van der Waals surface area (Å²) in [4.78, 5) is 10.7. The Morgan fingerprint density at radius 1 is 1.16 bits per heavy atom. The predicted octanol–water partition coefficient (Wildman–Crippen LogP) is 3.72. The third-order valence-electron chi connectivity index (χ3n) is 2.26. The number of ketones is 1. The Labute approximate surface area is 109 Å². The van der Waals surface area contributed by atoms with E-state index >= 15 is 0 Å². The second-order valence-corrected chi connectivity index (χ2v) is 4.00. The number of carbonyl (C=O) groups is 1. The summed E-state index contributed by atoms with van der Waals surface area (Å²) in [6.45, 7) is 1.73. The van der Waals surface area contributed by atoms with Gasteiger partial charge in [0, 0.05) is 6.42 Å². The van der Waals surface area contributed by atoms with Crippen molar-refractivity contribution < 1.29 is 27.4 Å². The van der Waals surface area contributed by atoms with Gasteiger partial charge in [-0.25, -0.2) is 0 Å². The first-order valence-corrected chi connectivity index (χ1v) is 5.85. The number of para-hydroxylation sites is 2. The van der Waals surface area contributed by atoms with Crippen molar-refractivity contribution in [3.8, 4) is 11.5 Å². The van der Waals surface area contributed by atoms with Crippen LogP contribution in [-0.2, 0) is 4.79 Å². The molecule has 0 fully saturated rings. The molecule has 0 radical (unpaired) electrons. The lowest BCUT2D eigenvalue weighted by Crippen LogP contribution is -2.17. The summed E-state index contributed by atoms with van der Waals surface area (Å²) in [6.07, 6.45) is -3.05. The Morgan fingerprint density at radius 3 is 2.37 bits per heavy atom. The Bertz CT molecular complexity index is 416. The van der Waals surface area contributed by atoms with Gasteiger partial charge in [-0.3, -0.25) is 0 Å². The SMILES string of the molecule is CC(=O)CCCCOc1ccccc1OC(F)(F)F. The minimum Gasteiger partial charge on any atom is -0.490 e. The molecule has 0 aromatic heterocycles. The van der Waals surface area contributed by atoms with Crippen LogP contribution in [0.2, 0.25) is 0 Å². The maximum Gasteiger partial charge on any atom is 0.573 e. The van der Waals surface area contributed by atoms with Gasteiger partial charge < -0.3 is 14.3 Å². The van der Waals surface area contributed by atoms with Crippen LogP contribution in [0.15, 0.2) is 24.3 Å². The predicted molar refractivity (Wildman–Crippen MR) is 63.2 cm³/mol. The van der Waals surface area contributed by atoms with Gasteiger partial charge in [-0.1, -0.05) is 12.1 Å². The standard InChI is InChI=1S/C13H15F3O3/c1-10(17)6-4-5-9-18-11-7-2-3-8-12(11)19-13(14,15)16/h2-3,7-8H,4-6,9H2,1H3. The molecule has 3 nitrogen and oxygen atoms in total. The second-order valence-electron chi connectivity index (χ2n) is 4.00. The number of rotatable bonds is 7. The summed E-state index contributed by atoms with van der Waals surface area (Å²) < 4.78 is 45.5. The zero-order valence-corrected chi connectivity index (χ0v) is 10.5. The summed E-state index contributed by atoms with van der Waals surface area (Å²) in [5.41, 5.74) is 0. The van der Waals surface area contributed by atoms with Gasteiger partial charge in [-0.2, -0.15) is 0 Å². The number of alkyl halides is 3. The first kappa shape index (κ1) is 15.3. The van der Waals surface area contributed by atoms with Gasteiger partial charge in [-0.15, -0.1) is 13.2 Å². The molecule has 6 heteroatoms. The summed E-state index contributed by atoms with van der Waals surface area (Å²) in [5, 5.41) is 0.